The van der Waals surface area contributed by atoms with Crippen LogP contribution in [0.15, 0.2) is 47.8 Å². The molecule has 29 heavy (non-hydrogen) atoms. The highest BCUT2D eigenvalue weighted by atomic mass is 19.1. The number of aromatic nitrogens is 1. The fourth-order valence-electron chi connectivity index (χ4n) is 2.71. The van der Waals surface area contributed by atoms with Crippen molar-refractivity contribution in [1.82, 2.24) is 9.88 Å². The van der Waals surface area contributed by atoms with Crippen LogP contribution in [0.2, 0.25) is 0 Å². The summed E-state index contributed by atoms with van der Waals surface area (Å²) in [6.45, 7) is 3.43. The van der Waals surface area contributed by atoms with Gasteiger partial charge in [0.05, 0.1) is 12.7 Å². The molecule has 2 aromatic rings. The van der Waals surface area contributed by atoms with Gasteiger partial charge in [-0.2, -0.15) is 0 Å². The number of hydrogen-bond donors (Lipinski definition) is 1. The monoisotopic (exact) mass is 402 g/mol. The number of amides is 1. The zero-order chi connectivity index (χ0) is 20.6. The Morgan fingerprint density at radius 2 is 2.14 bits per heavy atom. The minimum Gasteiger partial charge on any atom is -0.439 e. The van der Waals surface area contributed by atoms with E-state index in [4.69, 9.17) is 20.0 Å². The van der Waals surface area contributed by atoms with Crippen molar-refractivity contribution in [3.05, 3.63) is 54.0 Å². The van der Waals surface area contributed by atoms with Crippen LogP contribution in [-0.2, 0) is 14.4 Å². The second-order valence-electron chi connectivity index (χ2n) is 6.43. The number of benzene rings is 1. The Hall–Kier alpha value is -3.20. The Morgan fingerprint density at radius 3 is 2.83 bits per heavy atom. The molecule has 1 atom stereocenters. The van der Waals surface area contributed by atoms with Gasteiger partial charge in [-0.1, -0.05) is 12.1 Å². The largest absolute Gasteiger partial charge is 0.439 e. The molecule has 0 saturated carbocycles. The predicted molar refractivity (Wildman–Crippen MR) is 104 cm³/mol. The maximum Gasteiger partial charge on any atom is 0.263 e. The van der Waals surface area contributed by atoms with Crippen molar-refractivity contribution in [2.24, 2.45) is 10.9 Å². The molecule has 1 aliphatic rings. The summed E-state index contributed by atoms with van der Waals surface area (Å²) >= 11 is 0. The number of ether oxygens (including phenoxy) is 2. The van der Waals surface area contributed by atoms with Crippen LogP contribution >= 0.6 is 0 Å². The molecule has 1 aromatic carbocycles. The number of hydrogen-bond acceptors (Lipinski definition) is 6. The van der Waals surface area contributed by atoms with E-state index in [1.54, 1.807) is 17.0 Å². The van der Waals surface area contributed by atoms with Crippen LogP contribution in [0.5, 0.6) is 11.6 Å². The number of carbonyl (C=O) groups is 1. The summed E-state index contributed by atoms with van der Waals surface area (Å²) in [5.74, 6) is 0.365. The average molecular weight is 402 g/mol. The molecule has 9 heteroatoms. The van der Waals surface area contributed by atoms with Gasteiger partial charge in [0.1, 0.15) is 11.6 Å². The Labute approximate surface area is 168 Å². The summed E-state index contributed by atoms with van der Waals surface area (Å²) in [7, 11) is 0. The van der Waals surface area contributed by atoms with Crippen molar-refractivity contribution in [2.75, 3.05) is 26.3 Å². The number of halogens is 1. The van der Waals surface area contributed by atoms with E-state index in [0.717, 1.165) is 6.42 Å². The Bertz CT molecular complexity index is 843. The molecule has 1 fully saturated rings. The summed E-state index contributed by atoms with van der Waals surface area (Å²) in [6, 6.07) is 8.86. The summed E-state index contributed by atoms with van der Waals surface area (Å²) < 4.78 is 24.0. The minimum absolute atomic E-state index is 0.0583. The standard InChI is InChI=1S/C20H23FN4O4/c1-2-16-12-25(9-10-27-16)19(26)13-28-24-20(22)14-3-8-18(23-11-14)29-17-6-4-15(21)5-7-17/h3-8,11,16H,2,9-10,12-13H2,1H3,(H2,22,24). The highest BCUT2D eigenvalue weighted by Crippen LogP contribution is 2.19. The number of pyridine rings is 1. The quantitative estimate of drug-likeness (QED) is 0.433. The number of rotatable bonds is 7. The third-order valence-electron chi connectivity index (χ3n) is 4.37. The van der Waals surface area contributed by atoms with Crippen molar-refractivity contribution in [2.45, 2.75) is 19.4 Å². The van der Waals surface area contributed by atoms with E-state index in [1.165, 1.54) is 30.5 Å². The van der Waals surface area contributed by atoms with Crippen LogP contribution in [-0.4, -0.2) is 54.0 Å². The minimum atomic E-state index is -0.345. The zero-order valence-corrected chi connectivity index (χ0v) is 16.1. The molecule has 1 amide bonds. The fourth-order valence-corrected chi connectivity index (χ4v) is 2.71. The fraction of sp³-hybridized carbons (Fsp3) is 0.350. The number of morpholine rings is 1. The lowest BCUT2D eigenvalue weighted by atomic mass is 10.2. The Kier molecular flexibility index (Phi) is 6.96. The molecular formula is C20H23FN4O4. The SMILES string of the molecule is CCC1CN(C(=O)CO/N=C(/N)c2ccc(Oc3ccc(F)cc3)nc2)CCO1. The molecule has 1 aromatic heterocycles. The normalized spacial score (nSPS) is 17.1. The molecule has 1 aliphatic heterocycles. The zero-order valence-electron chi connectivity index (χ0n) is 16.1. The second kappa shape index (κ2) is 9.83. The van der Waals surface area contributed by atoms with Crippen molar-refractivity contribution in [1.29, 1.82) is 0 Å². The Morgan fingerprint density at radius 1 is 1.34 bits per heavy atom. The van der Waals surface area contributed by atoms with E-state index in [-0.39, 0.29) is 30.3 Å². The lowest BCUT2D eigenvalue weighted by Crippen LogP contribution is -2.46. The van der Waals surface area contributed by atoms with Gasteiger partial charge in [0.15, 0.2) is 12.4 Å². The molecule has 8 nitrogen and oxygen atoms in total. The van der Waals surface area contributed by atoms with Crippen LogP contribution in [0.3, 0.4) is 0 Å². The highest BCUT2D eigenvalue weighted by Gasteiger charge is 2.23. The van der Waals surface area contributed by atoms with Crippen molar-refractivity contribution < 1.29 is 23.5 Å². The van der Waals surface area contributed by atoms with Crippen molar-refractivity contribution >= 4 is 11.7 Å². The number of nitrogens with zero attached hydrogens (tertiary/aromatic N) is 3. The van der Waals surface area contributed by atoms with Crippen LogP contribution in [0, 0.1) is 5.82 Å². The molecule has 0 aliphatic carbocycles. The maximum atomic E-state index is 12.9. The van der Waals surface area contributed by atoms with Gasteiger partial charge in [-0.25, -0.2) is 9.37 Å². The van der Waals surface area contributed by atoms with E-state index in [0.29, 0.717) is 36.9 Å². The number of carbonyl (C=O) groups excluding carboxylic acids is 1. The summed E-state index contributed by atoms with van der Waals surface area (Å²) in [5, 5.41) is 3.78. The first-order valence-electron chi connectivity index (χ1n) is 9.30. The molecule has 1 saturated heterocycles. The summed E-state index contributed by atoms with van der Waals surface area (Å²) in [6.07, 6.45) is 2.38. The van der Waals surface area contributed by atoms with Gasteiger partial charge in [0, 0.05) is 30.9 Å². The van der Waals surface area contributed by atoms with Gasteiger partial charge in [0.2, 0.25) is 5.88 Å². The molecule has 0 bridgehead atoms. The Balaban J connectivity index is 1.50. The predicted octanol–water partition coefficient (Wildman–Crippen LogP) is 2.29. The summed E-state index contributed by atoms with van der Waals surface area (Å²) in [4.78, 5) is 23.1. The van der Waals surface area contributed by atoms with Gasteiger partial charge < -0.3 is 24.9 Å². The first-order chi connectivity index (χ1) is 14.0. The van der Waals surface area contributed by atoms with E-state index < -0.39 is 0 Å². The van der Waals surface area contributed by atoms with Crippen LogP contribution in [0.25, 0.3) is 0 Å². The lowest BCUT2D eigenvalue weighted by molar-refractivity contribution is -0.143. The van der Waals surface area contributed by atoms with Crippen molar-refractivity contribution in [3.63, 3.8) is 0 Å². The second-order valence-corrected chi connectivity index (χ2v) is 6.43. The maximum absolute atomic E-state index is 12.9. The summed E-state index contributed by atoms with van der Waals surface area (Å²) in [5.41, 5.74) is 6.40. The lowest BCUT2D eigenvalue weighted by Gasteiger charge is -2.32. The number of oxime groups is 1. The van der Waals surface area contributed by atoms with E-state index in [2.05, 4.69) is 10.1 Å². The first-order valence-corrected chi connectivity index (χ1v) is 9.30. The van der Waals surface area contributed by atoms with Crippen LogP contribution in [0.1, 0.15) is 18.9 Å². The van der Waals surface area contributed by atoms with Crippen molar-refractivity contribution in [3.8, 4) is 11.6 Å². The van der Waals surface area contributed by atoms with Crippen LogP contribution < -0.4 is 10.5 Å². The molecule has 2 heterocycles. The topological polar surface area (TPSA) is 99.3 Å². The van der Waals surface area contributed by atoms with Crippen LogP contribution in [0.4, 0.5) is 4.39 Å². The van der Waals surface area contributed by atoms with E-state index >= 15 is 0 Å². The van der Waals surface area contributed by atoms with Gasteiger partial charge in [-0.05, 0) is 36.8 Å². The number of nitrogens with two attached hydrogens (primary N) is 1. The van der Waals surface area contributed by atoms with Gasteiger partial charge >= 0.3 is 0 Å². The highest BCUT2D eigenvalue weighted by molar-refractivity contribution is 5.96. The third-order valence-corrected chi connectivity index (χ3v) is 4.37. The smallest absolute Gasteiger partial charge is 0.263 e. The van der Waals surface area contributed by atoms with Gasteiger partial charge in [-0.3, -0.25) is 4.79 Å². The molecule has 3 rings (SSSR count). The van der Waals surface area contributed by atoms with Gasteiger partial charge in [-0.15, -0.1) is 0 Å². The molecule has 1 unspecified atom stereocenters. The molecule has 2 N–H and O–H groups in total. The van der Waals surface area contributed by atoms with Gasteiger partial charge in [0.25, 0.3) is 5.91 Å². The molecule has 154 valence electrons. The molecular weight excluding hydrogens is 379 g/mol. The van der Waals surface area contributed by atoms with E-state index in [9.17, 15) is 9.18 Å². The average Bonchev–Trinajstić information content (AvgIpc) is 2.75. The first kappa shape index (κ1) is 20.5. The molecule has 0 spiro atoms. The van der Waals surface area contributed by atoms with E-state index in [1.807, 2.05) is 6.92 Å². The number of amidine groups is 1. The molecule has 0 radical (unpaired) electrons. The third kappa shape index (κ3) is 5.89.